The van der Waals surface area contributed by atoms with E-state index in [-0.39, 0.29) is 12.1 Å². The van der Waals surface area contributed by atoms with Crippen molar-refractivity contribution >= 4 is 51.8 Å². The second-order valence-corrected chi connectivity index (χ2v) is 10.9. The number of rotatable bonds is 4. The molecule has 3 amide bonds. The third-order valence-electron chi connectivity index (χ3n) is 6.72. The van der Waals surface area contributed by atoms with Gasteiger partial charge in [-0.15, -0.1) is 0 Å². The Labute approximate surface area is 211 Å². The van der Waals surface area contributed by atoms with Crippen LogP contribution in [0.4, 0.5) is 16.2 Å². The zero-order valence-corrected chi connectivity index (χ0v) is 22.1. The van der Waals surface area contributed by atoms with Crippen molar-refractivity contribution in [2.75, 3.05) is 23.8 Å². The summed E-state index contributed by atoms with van der Waals surface area (Å²) in [7, 11) is 2.08. The lowest BCUT2D eigenvalue weighted by Crippen LogP contribution is -2.42. The minimum absolute atomic E-state index is 0.0919. The second-order valence-electron chi connectivity index (χ2n) is 9.90. The number of amides is 3. The fraction of sp³-hybridized carbons (Fsp3) is 0.321. The molecule has 4 rings (SSSR count). The van der Waals surface area contributed by atoms with E-state index in [2.05, 4.69) is 56.2 Å². The lowest BCUT2D eigenvalue weighted by molar-refractivity contribution is -0.127. The average Bonchev–Trinajstić information content (AvgIpc) is 3.02. The summed E-state index contributed by atoms with van der Waals surface area (Å²) < 4.78 is 0. The van der Waals surface area contributed by atoms with E-state index >= 15 is 0 Å². The Bertz CT molecular complexity index is 1320. The molecule has 1 fully saturated rings. The van der Waals surface area contributed by atoms with Gasteiger partial charge in [-0.1, -0.05) is 23.8 Å². The van der Waals surface area contributed by atoms with Crippen molar-refractivity contribution in [2.24, 2.45) is 0 Å². The third kappa shape index (κ3) is 4.78. The van der Waals surface area contributed by atoms with E-state index in [0.717, 1.165) is 50.2 Å². The van der Waals surface area contributed by atoms with Crippen LogP contribution in [0.25, 0.3) is 11.6 Å². The number of imide groups is 1. The summed E-state index contributed by atoms with van der Waals surface area (Å²) in [6.07, 6.45) is 3.99. The Morgan fingerprint density at radius 2 is 1.77 bits per heavy atom. The normalized spacial score (nSPS) is 18.1. The number of carbonyl (C=O) groups is 3. The fourth-order valence-electron chi connectivity index (χ4n) is 4.54. The summed E-state index contributed by atoms with van der Waals surface area (Å²) >= 11 is 0.871. The number of carbonyl (C=O) groups excluding carboxylic acids is 3. The van der Waals surface area contributed by atoms with Crippen LogP contribution in [0.1, 0.15) is 48.6 Å². The molecule has 6 nitrogen and oxygen atoms in total. The summed E-state index contributed by atoms with van der Waals surface area (Å²) in [6, 6.07) is 9.89. The minimum Gasteiger partial charge on any atom is -0.365 e. The number of aryl methyl sites for hydroxylation is 3. The Morgan fingerprint density at radius 3 is 2.46 bits per heavy atom. The van der Waals surface area contributed by atoms with Crippen molar-refractivity contribution in [2.45, 2.75) is 47.1 Å². The van der Waals surface area contributed by atoms with Gasteiger partial charge in [0.15, 0.2) is 0 Å². The quantitative estimate of drug-likeness (QED) is 0.540. The van der Waals surface area contributed by atoms with E-state index in [1.165, 1.54) is 5.57 Å². The van der Waals surface area contributed by atoms with Crippen LogP contribution in [0, 0.1) is 20.8 Å². The predicted octanol–water partition coefficient (Wildman–Crippen LogP) is 5.92. The molecule has 1 saturated heterocycles. The van der Waals surface area contributed by atoms with E-state index in [4.69, 9.17) is 0 Å². The number of nitrogens with zero attached hydrogens (tertiary/aromatic N) is 2. The molecule has 0 spiro atoms. The molecule has 0 bridgehead atoms. The van der Waals surface area contributed by atoms with Crippen LogP contribution in [0.3, 0.4) is 0 Å². The van der Waals surface area contributed by atoms with E-state index in [0.29, 0.717) is 10.6 Å². The predicted molar refractivity (Wildman–Crippen MR) is 145 cm³/mol. The minimum atomic E-state index is -0.446. The van der Waals surface area contributed by atoms with Gasteiger partial charge in [0, 0.05) is 24.0 Å². The van der Waals surface area contributed by atoms with Crippen LogP contribution in [0.15, 0.2) is 41.3 Å². The summed E-state index contributed by atoms with van der Waals surface area (Å²) in [4.78, 5) is 41.8. The van der Waals surface area contributed by atoms with Gasteiger partial charge in [0.1, 0.15) is 6.54 Å². The molecule has 2 aromatic rings. The van der Waals surface area contributed by atoms with Crippen LogP contribution in [0.2, 0.25) is 0 Å². The van der Waals surface area contributed by atoms with Gasteiger partial charge in [-0.05, 0) is 99.8 Å². The molecule has 182 valence electrons. The van der Waals surface area contributed by atoms with Gasteiger partial charge in [-0.3, -0.25) is 19.3 Å². The van der Waals surface area contributed by atoms with E-state index in [1.807, 2.05) is 39.0 Å². The molecule has 0 aliphatic carbocycles. The third-order valence-corrected chi connectivity index (χ3v) is 7.63. The van der Waals surface area contributed by atoms with Crippen molar-refractivity contribution in [3.8, 4) is 0 Å². The molecule has 0 aromatic heterocycles. The van der Waals surface area contributed by atoms with Gasteiger partial charge in [0.25, 0.3) is 11.1 Å². The summed E-state index contributed by atoms with van der Waals surface area (Å²) in [5, 5.41) is 2.36. The average molecular weight is 490 g/mol. The molecular formula is C28H31N3O3S. The van der Waals surface area contributed by atoms with Gasteiger partial charge in [-0.2, -0.15) is 0 Å². The molecule has 0 unspecified atom stereocenters. The topological polar surface area (TPSA) is 69.7 Å². The monoisotopic (exact) mass is 489 g/mol. The van der Waals surface area contributed by atoms with Gasteiger partial charge < -0.3 is 10.2 Å². The molecule has 2 aliphatic rings. The number of hydrogen-bond donors (Lipinski definition) is 1. The van der Waals surface area contributed by atoms with Gasteiger partial charge in [0.05, 0.1) is 10.4 Å². The van der Waals surface area contributed by atoms with Gasteiger partial charge in [0.2, 0.25) is 5.91 Å². The fourth-order valence-corrected chi connectivity index (χ4v) is 5.37. The number of thioether (sulfide) groups is 1. The Morgan fingerprint density at radius 1 is 1.06 bits per heavy atom. The molecule has 2 aliphatic heterocycles. The van der Waals surface area contributed by atoms with E-state index < -0.39 is 17.1 Å². The number of fused-ring (bicyclic) bond motifs is 1. The van der Waals surface area contributed by atoms with Crippen LogP contribution in [-0.4, -0.2) is 41.1 Å². The van der Waals surface area contributed by atoms with Crippen LogP contribution < -0.4 is 10.2 Å². The number of hydrogen-bond acceptors (Lipinski definition) is 5. The van der Waals surface area contributed by atoms with Crippen molar-refractivity contribution in [3.05, 3.63) is 69.1 Å². The summed E-state index contributed by atoms with van der Waals surface area (Å²) in [5.41, 5.74) is 7.92. The van der Waals surface area contributed by atoms with Crippen molar-refractivity contribution in [1.82, 2.24) is 4.90 Å². The highest BCUT2D eigenvalue weighted by Gasteiger charge is 2.36. The zero-order valence-electron chi connectivity index (χ0n) is 21.3. The first kappa shape index (κ1) is 24.8. The number of likely N-dealkylation sites (N-methyl/N-ethyl adjacent to an activating group) is 1. The number of allylic oxidation sites excluding steroid dienone is 1. The van der Waals surface area contributed by atoms with Crippen molar-refractivity contribution < 1.29 is 14.4 Å². The smallest absolute Gasteiger partial charge is 0.294 e. The molecule has 2 aromatic carbocycles. The first-order chi connectivity index (χ1) is 16.4. The van der Waals surface area contributed by atoms with Crippen LogP contribution >= 0.6 is 11.8 Å². The van der Waals surface area contributed by atoms with Crippen LogP contribution in [-0.2, 0) is 9.59 Å². The van der Waals surface area contributed by atoms with E-state index in [1.54, 1.807) is 6.08 Å². The lowest BCUT2D eigenvalue weighted by atomic mass is 9.87. The highest BCUT2D eigenvalue weighted by molar-refractivity contribution is 8.18. The Balaban J connectivity index is 1.55. The van der Waals surface area contributed by atoms with E-state index in [9.17, 15) is 14.4 Å². The zero-order chi connectivity index (χ0) is 25.7. The molecule has 0 saturated carbocycles. The van der Waals surface area contributed by atoms with Gasteiger partial charge >= 0.3 is 0 Å². The standard InChI is InChI=1S/C28H31N3O3S/c1-16-8-9-22(18(3)10-16)29-25(32)15-31-26(33)24(35-27(31)34)13-20-12-21-19(4)14-28(5,6)30(7)23(21)11-17(20)2/h8-14H,15H2,1-7H3,(H,29,32)/b24-13-. The van der Waals surface area contributed by atoms with Crippen LogP contribution in [0.5, 0.6) is 0 Å². The Kier molecular flexibility index (Phi) is 6.40. The molecule has 1 N–H and O–H groups in total. The number of nitrogens with one attached hydrogen (secondary N) is 1. The van der Waals surface area contributed by atoms with Crippen molar-refractivity contribution in [1.29, 1.82) is 0 Å². The summed E-state index contributed by atoms with van der Waals surface area (Å²) in [6.45, 7) is 12.0. The first-order valence-electron chi connectivity index (χ1n) is 11.6. The van der Waals surface area contributed by atoms with Gasteiger partial charge in [-0.25, -0.2) is 0 Å². The summed E-state index contributed by atoms with van der Waals surface area (Å²) in [5.74, 6) is -0.852. The number of anilines is 2. The Hall–Kier alpha value is -3.32. The maximum atomic E-state index is 13.0. The molecule has 0 atom stereocenters. The highest BCUT2D eigenvalue weighted by atomic mass is 32.2. The molecule has 0 radical (unpaired) electrons. The first-order valence-corrected chi connectivity index (χ1v) is 12.4. The molecular weight excluding hydrogens is 458 g/mol. The SMILES string of the molecule is CC1=CC(C)(C)N(C)c2cc(C)c(/C=C3\SC(=O)N(CC(=O)Nc4ccc(C)cc4C)C3=O)cc21. The maximum absolute atomic E-state index is 13.0. The molecule has 7 heteroatoms. The number of benzene rings is 2. The lowest BCUT2D eigenvalue weighted by Gasteiger charge is -2.41. The van der Waals surface area contributed by atoms with Crippen molar-refractivity contribution in [3.63, 3.8) is 0 Å². The maximum Gasteiger partial charge on any atom is 0.294 e. The highest BCUT2D eigenvalue weighted by Crippen LogP contribution is 2.40. The molecule has 2 heterocycles. The molecule has 35 heavy (non-hydrogen) atoms. The largest absolute Gasteiger partial charge is 0.365 e. The second kappa shape index (κ2) is 9.04.